The molecule has 0 radical (unpaired) electrons. The maximum Gasteiger partial charge on any atom is 0.0648 e. The minimum absolute atomic E-state index is 0.308. The van der Waals surface area contributed by atoms with Crippen LogP contribution in [0.3, 0.4) is 0 Å². The molecule has 2 heterocycles. The van der Waals surface area contributed by atoms with Gasteiger partial charge in [0.25, 0.3) is 0 Å². The van der Waals surface area contributed by atoms with E-state index in [1.807, 2.05) is 16.9 Å². The van der Waals surface area contributed by atoms with E-state index in [-0.39, 0.29) is 0 Å². The number of likely N-dealkylation sites (tertiary alicyclic amines) is 1. The van der Waals surface area contributed by atoms with Gasteiger partial charge in [0.1, 0.15) is 0 Å². The Morgan fingerprint density at radius 2 is 1.64 bits per heavy atom. The Hall–Kier alpha value is -2.43. The first-order valence-electron chi connectivity index (χ1n) is 10.3. The zero-order chi connectivity index (χ0) is 19.3. The summed E-state index contributed by atoms with van der Waals surface area (Å²) < 4.78 is 2.04. The topological polar surface area (TPSA) is 33.1 Å². The molecule has 4 rings (SSSR count). The number of nitrogens with one attached hydrogen (secondary N) is 1. The second-order valence-electron chi connectivity index (χ2n) is 7.86. The molecule has 2 aromatic carbocycles. The van der Waals surface area contributed by atoms with Crippen molar-refractivity contribution in [2.24, 2.45) is 0 Å². The van der Waals surface area contributed by atoms with E-state index in [1.54, 1.807) is 0 Å². The number of hydrogen-bond acceptors (Lipinski definition) is 3. The summed E-state index contributed by atoms with van der Waals surface area (Å²) in [5.41, 5.74) is 5.03. The molecule has 1 aromatic heterocycles. The maximum absolute atomic E-state index is 4.63. The first-order chi connectivity index (χ1) is 13.7. The highest BCUT2D eigenvalue weighted by molar-refractivity contribution is 5.35. The number of para-hydroxylation sites is 1. The van der Waals surface area contributed by atoms with E-state index in [9.17, 15) is 0 Å². The van der Waals surface area contributed by atoms with Crippen molar-refractivity contribution in [3.05, 3.63) is 83.7 Å². The quantitative estimate of drug-likeness (QED) is 0.690. The third-order valence-electron chi connectivity index (χ3n) is 5.84. The van der Waals surface area contributed by atoms with E-state index in [1.165, 1.54) is 29.7 Å². The Morgan fingerprint density at radius 3 is 2.32 bits per heavy atom. The number of piperidine rings is 1. The second kappa shape index (κ2) is 8.72. The monoisotopic (exact) mass is 374 g/mol. The number of benzene rings is 2. The molecule has 3 aromatic rings. The van der Waals surface area contributed by atoms with Gasteiger partial charge in [-0.2, -0.15) is 5.10 Å². The lowest BCUT2D eigenvalue weighted by Gasteiger charge is -2.34. The minimum Gasteiger partial charge on any atom is -0.307 e. The highest BCUT2D eigenvalue weighted by Gasteiger charge is 2.22. The number of rotatable bonds is 6. The van der Waals surface area contributed by atoms with Crippen LogP contribution in [0.1, 0.15) is 42.6 Å². The van der Waals surface area contributed by atoms with Crippen LogP contribution in [0.5, 0.6) is 0 Å². The van der Waals surface area contributed by atoms with Gasteiger partial charge < -0.3 is 5.32 Å². The van der Waals surface area contributed by atoms with E-state index in [4.69, 9.17) is 0 Å². The summed E-state index contributed by atoms with van der Waals surface area (Å²) in [5.74, 6) is 0. The van der Waals surface area contributed by atoms with Crippen LogP contribution in [0.4, 0.5) is 0 Å². The van der Waals surface area contributed by atoms with E-state index in [0.29, 0.717) is 12.1 Å². The van der Waals surface area contributed by atoms with Crippen LogP contribution in [-0.4, -0.2) is 33.8 Å². The standard InChI is InChI=1S/C24H30N4/c1-19(24-17-25-28(20(24)2)23-11-7-4-8-12-23)26-22-13-15-27(16-14-22)18-21-9-5-3-6-10-21/h3-12,17,19,22,26H,13-16,18H2,1-2H3. The van der Waals surface area contributed by atoms with Crippen LogP contribution in [0.2, 0.25) is 0 Å². The molecule has 4 heteroatoms. The highest BCUT2D eigenvalue weighted by Crippen LogP contribution is 2.22. The SMILES string of the molecule is Cc1c(C(C)NC2CCN(Cc3ccccc3)CC2)cnn1-c1ccccc1. The summed E-state index contributed by atoms with van der Waals surface area (Å²) in [6.45, 7) is 7.79. The van der Waals surface area contributed by atoms with Gasteiger partial charge in [-0.3, -0.25) is 4.90 Å². The van der Waals surface area contributed by atoms with Crippen molar-refractivity contribution in [2.45, 2.75) is 45.3 Å². The van der Waals surface area contributed by atoms with Crippen molar-refractivity contribution in [3.63, 3.8) is 0 Å². The number of aromatic nitrogens is 2. The summed E-state index contributed by atoms with van der Waals surface area (Å²) in [6.07, 6.45) is 4.41. The normalized spacial score (nSPS) is 16.9. The number of hydrogen-bond donors (Lipinski definition) is 1. The van der Waals surface area contributed by atoms with Crippen molar-refractivity contribution in [2.75, 3.05) is 13.1 Å². The smallest absolute Gasteiger partial charge is 0.0648 e. The van der Waals surface area contributed by atoms with Crippen LogP contribution in [-0.2, 0) is 6.54 Å². The van der Waals surface area contributed by atoms with Gasteiger partial charge in [0.05, 0.1) is 11.9 Å². The van der Waals surface area contributed by atoms with Gasteiger partial charge in [-0.05, 0) is 57.5 Å². The molecule has 28 heavy (non-hydrogen) atoms. The van der Waals surface area contributed by atoms with Gasteiger partial charge >= 0.3 is 0 Å². The summed E-state index contributed by atoms with van der Waals surface area (Å²) >= 11 is 0. The van der Waals surface area contributed by atoms with E-state index in [2.05, 4.69) is 83.8 Å². The van der Waals surface area contributed by atoms with Crippen LogP contribution >= 0.6 is 0 Å². The van der Waals surface area contributed by atoms with Gasteiger partial charge in [-0.1, -0.05) is 48.5 Å². The first-order valence-corrected chi connectivity index (χ1v) is 10.3. The molecule has 1 aliphatic heterocycles. The second-order valence-corrected chi connectivity index (χ2v) is 7.86. The Morgan fingerprint density at radius 1 is 1.00 bits per heavy atom. The molecule has 0 amide bonds. The summed E-state index contributed by atoms with van der Waals surface area (Å²) in [6, 6.07) is 22.0. The summed E-state index contributed by atoms with van der Waals surface area (Å²) in [5, 5.41) is 8.47. The fourth-order valence-corrected chi connectivity index (χ4v) is 4.22. The van der Waals surface area contributed by atoms with Gasteiger partial charge in [-0.15, -0.1) is 0 Å². The predicted molar refractivity (Wildman–Crippen MR) is 115 cm³/mol. The van der Waals surface area contributed by atoms with Crippen molar-refractivity contribution in [1.82, 2.24) is 20.0 Å². The third-order valence-corrected chi connectivity index (χ3v) is 5.84. The lowest BCUT2D eigenvalue weighted by molar-refractivity contribution is 0.185. The van der Waals surface area contributed by atoms with Crippen LogP contribution in [0, 0.1) is 6.92 Å². The zero-order valence-corrected chi connectivity index (χ0v) is 16.9. The molecule has 4 nitrogen and oxygen atoms in total. The van der Waals surface area contributed by atoms with E-state index >= 15 is 0 Å². The Balaban J connectivity index is 1.33. The van der Waals surface area contributed by atoms with Crippen LogP contribution < -0.4 is 5.32 Å². The molecule has 1 aliphatic rings. The molecule has 1 fully saturated rings. The summed E-state index contributed by atoms with van der Waals surface area (Å²) in [7, 11) is 0. The largest absolute Gasteiger partial charge is 0.307 e. The molecule has 1 atom stereocenters. The highest BCUT2D eigenvalue weighted by atomic mass is 15.3. The van der Waals surface area contributed by atoms with Gasteiger partial charge in [-0.25, -0.2) is 4.68 Å². The van der Waals surface area contributed by atoms with E-state index in [0.717, 1.165) is 25.3 Å². The summed E-state index contributed by atoms with van der Waals surface area (Å²) in [4.78, 5) is 2.57. The van der Waals surface area contributed by atoms with Crippen LogP contribution in [0.15, 0.2) is 66.9 Å². The van der Waals surface area contributed by atoms with Crippen molar-refractivity contribution < 1.29 is 0 Å². The third kappa shape index (κ3) is 4.34. The van der Waals surface area contributed by atoms with Gasteiger partial charge in [0.15, 0.2) is 0 Å². The molecule has 0 aliphatic carbocycles. The van der Waals surface area contributed by atoms with Gasteiger partial charge in [0.2, 0.25) is 0 Å². The van der Waals surface area contributed by atoms with E-state index < -0.39 is 0 Å². The molecular formula is C24H30N4. The molecule has 146 valence electrons. The molecule has 0 saturated carbocycles. The Bertz CT molecular complexity index is 864. The fourth-order valence-electron chi connectivity index (χ4n) is 4.22. The van der Waals surface area contributed by atoms with Crippen molar-refractivity contribution >= 4 is 0 Å². The molecule has 0 bridgehead atoms. The molecule has 1 N–H and O–H groups in total. The molecule has 1 unspecified atom stereocenters. The van der Waals surface area contributed by atoms with Gasteiger partial charge in [0, 0.05) is 29.9 Å². The Labute approximate surface area is 168 Å². The molecule has 0 spiro atoms. The number of nitrogens with zero attached hydrogens (tertiary/aromatic N) is 3. The minimum atomic E-state index is 0.308. The van der Waals surface area contributed by atoms with Crippen LogP contribution in [0.25, 0.3) is 5.69 Å². The van der Waals surface area contributed by atoms with Crippen molar-refractivity contribution in [3.8, 4) is 5.69 Å². The maximum atomic E-state index is 4.63. The van der Waals surface area contributed by atoms with Crippen molar-refractivity contribution in [1.29, 1.82) is 0 Å². The lowest BCUT2D eigenvalue weighted by atomic mass is 10.0. The molecular weight excluding hydrogens is 344 g/mol. The lowest BCUT2D eigenvalue weighted by Crippen LogP contribution is -2.43. The average Bonchev–Trinajstić information content (AvgIpc) is 3.12. The predicted octanol–water partition coefficient (Wildman–Crippen LogP) is 4.50. The fraction of sp³-hybridized carbons (Fsp3) is 0.375. The molecule has 1 saturated heterocycles. The average molecular weight is 375 g/mol. The zero-order valence-electron chi connectivity index (χ0n) is 16.9. The Kier molecular flexibility index (Phi) is 5.89. The first kappa shape index (κ1) is 18.9.